The fraction of sp³-hybridized carbons (Fsp3) is 0.391. The quantitative estimate of drug-likeness (QED) is 0.257. The van der Waals surface area contributed by atoms with Crippen LogP contribution in [0.5, 0.6) is 0 Å². The Kier molecular flexibility index (Phi) is 7.40. The fourth-order valence-electron chi connectivity index (χ4n) is 4.28. The van der Waals surface area contributed by atoms with E-state index in [2.05, 4.69) is 15.2 Å². The summed E-state index contributed by atoms with van der Waals surface area (Å²) in [5.41, 5.74) is -3.91. The van der Waals surface area contributed by atoms with Crippen LogP contribution in [0.15, 0.2) is 47.3 Å². The molecule has 0 saturated carbocycles. The van der Waals surface area contributed by atoms with E-state index in [1.807, 2.05) is 0 Å². The largest absolute Gasteiger partial charge is 0.632 e. The number of benzene rings is 2. The van der Waals surface area contributed by atoms with E-state index >= 15 is 0 Å². The Morgan fingerprint density at radius 1 is 1.11 bits per heavy atom. The van der Waals surface area contributed by atoms with E-state index in [9.17, 15) is 40.7 Å². The van der Waals surface area contributed by atoms with Crippen LogP contribution in [0.4, 0.5) is 30.7 Å². The second-order valence-corrected chi connectivity index (χ2v) is 8.81. The van der Waals surface area contributed by atoms with Crippen LogP contribution in [-0.2, 0) is 28.4 Å². The first kappa shape index (κ1) is 27.8. The molecule has 1 saturated heterocycles. The van der Waals surface area contributed by atoms with Gasteiger partial charge in [0.25, 0.3) is 0 Å². The van der Waals surface area contributed by atoms with Gasteiger partial charge >= 0.3 is 18.0 Å². The van der Waals surface area contributed by atoms with Crippen LogP contribution in [0, 0.1) is 11.0 Å². The van der Waals surface area contributed by atoms with E-state index in [-0.39, 0.29) is 37.2 Å². The zero-order valence-corrected chi connectivity index (χ0v) is 19.6. The lowest BCUT2D eigenvalue weighted by Crippen LogP contribution is -2.56. The van der Waals surface area contributed by atoms with Gasteiger partial charge in [-0.05, 0) is 55.0 Å². The van der Waals surface area contributed by atoms with Crippen molar-refractivity contribution in [2.75, 3.05) is 13.2 Å². The second kappa shape index (κ2) is 10.1. The summed E-state index contributed by atoms with van der Waals surface area (Å²) in [6, 6.07) is 4.53. The predicted molar refractivity (Wildman–Crippen MR) is 116 cm³/mol. The van der Waals surface area contributed by atoms with Crippen LogP contribution in [0.1, 0.15) is 47.1 Å². The number of hydrogen-bond acceptors (Lipinski definition) is 5. The average Bonchev–Trinajstić information content (AvgIpc) is 3.22. The van der Waals surface area contributed by atoms with Crippen molar-refractivity contribution in [1.29, 1.82) is 0 Å². The molecule has 206 valence electrons. The van der Waals surface area contributed by atoms with Gasteiger partial charge in [-0.25, -0.2) is 14.3 Å². The van der Waals surface area contributed by atoms with Crippen LogP contribution in [0.25, 0.3) is 0 Å². The number of nitrogens with zero attached hydrogens (tertiary/aromatic N) is 2. The molecular formula is C23H21F7N4O4. The molecule has 1 fully saturated rings. The number of alkyl halides is 6. The molecule has 0 bridgehead atoms. The highest BCUT2D eigenvalue weighted by Gasteiger charge is 2.45. The zero-order valence-electron chi connectivity index (χ0n) is 19.6. The highest BCUT2D eigenvalue weighted by Crippen LogP contribution is 2.41. The molecule has 0 spiro atoms. The number of morpholine rings is 1. The van der Waals surface area contributed by atoms with Crippen molar-refractivity contribution in [3.05, 3.63) is 92.1 Å². The molecule has 0 radical (unpaired) electrons. The van der Waals surface area contributed by atoms with E-state index in [0.29, 0.717) is 12.1 Å². The van der Waals surface area contributed by atoms with Crippen molar-refractivity contribution < 1.29 is 44.9 Å². The first-order chi connectivity index (χ1) is 17.7. The summed E-state index contributed by atoms with van der Waals surface area (Å²) >= 11 is 0. The summed E-state index contributed by atoms with van der Waals surface area (Å²) in [5, 5.41) is 19.9. The van der Waals surface area contributed by atoms with E-state index in [0.717, 1.165) is 12.1 Å². The molecule has 1 aliphatic heterocycles. The normalized spacial score (nSPS) is 23.4. The average molecular weight is 550 g/mol. The zero-order chi connectivity index (χ0) is 27.9. The van der Waals surface area contributed by atoms with Gasteiger partial charge in [0.15, 0.2) is 11.9 Å². The van der Waals surface area contributed by atoms with Gasteiger partial charge in [0.2, 0.25) is 6.29 Å². The van der Waals surface area contributed by atoms with Crippen molar-refractivity contribution in [2.45, 2.75) is 44.3 Å². The second-order valence-electron chi connectivity index (χ2n) is 8.81. The Morgan fingerprint density at radius 2 is 1.71 bits per heavy atom. The van der Waals surface area contributed by atoms with Crippen LogP contribution in [-0.4, -0.2) is 39.3 Å². The molecular weight excluding hydrogens is 529 g/mol. The van der Waals surface area contributed by atoms with Gasteiger partial charge in [-0.1, -0.05) is 0 Å². The van der Waals surface area contributed by atoms with Crippen molar-refractivity contribution >= 4 is 0 Å². The van der Waals surface area contributed by atoms with Crippen LogP contribution >= 0.6 is 0 Å². The summed E-state index contributed by atoms with van der Waals surface area (Å²) < 4.78 is 104. The number of aromatic nitrogens is 3. The van der Waals surface area contributed by atoms with Crippen LogP contribution in [0.2, 0.25) is 0 Å². The van der Waals surface area contributed by atoms with Gasteiger partial charge < -0.3 is 19.3 Å². The smallest absolute Gasteiger partial charge is 0.416 e. The van der Waals surface area contributed by atoms with E-state index in [1.165, 1.54) is 19.1 Å². The Labute approximate surface area is 210 Å². The molecule has 2 N–H and O–H groups in total. The standard InChI is InChI=1S/C23H21F7N4O4/c1-12(14-8-15(22(25,26)27)10-16(9-14)23(28,29)30)38-20-19(13-2-4-17(24)5-3-13)34(36,6-7-37-20)11-18-31-21(35)33-32-18/h2-5,8-10,12,19-20H,6-7,11H2,1H3,(H2,31,32,33,35). The molecule has 38 heavy (non-hydrogen) atoms. The van der Waals surface area contributed by atoms with Gasteiger partial charge in [-0.15, -0.1) is 0 Å². The lowest BCUT2D eigenvalue weighted by Gasteiger charge is -2.53. The molecule has 3 aromatic rings. The summed E-state index contributed by atoms with van der Waals surface area (Å²) in [6.45, 7) is 0.469. The monoisotopic (exact) mass is 550 g/mol. The maximum absolute atomic E-state index is 14.0. The van der Waals surface area contributed by atoms with E-state index in [1.54, 1.807) is 0 Å². The molecule has 0 amide bonds. The maximum atomic E-state index is 14.0. The molecule has 1 aliphatic rings. The molecule has 2 aromatic carbocycles. The van der Waals surface area contributed by atoms with Crippen molar-refractivity contribution in [1.82, 2.24) is 15.2 Å². The summed E-state index contributed by atoms with van der Waals surface area (Å²) in [7, 11) is 0. The number of halogens is 7. The third-order valence-electron chi connectivity index (χ3n) is 6.11. The first-order valence-electron chi connectivity index (χ1n) is 11.2. The van der Waals surface area contributed by atoms with Gasteiger partial charge in [-0.2, -0.15) is 31.4 Å². The first-order valence-corrected chi connectivity index (χ1v) is 11.2. The van der Waals surface area contributed by atoms with Crippen molar-refractivity contribution in [2.24, 2.45) is 0 Å². The molecule has 4 unspecified atom stereocenters. The Hall–Kier alpha value is -3.27. The van der Waals surface area contributed by atoms with E-state index < -0.39 is 63.6 Å². The lowest BCUT2D eigenvalue weighted by molar-refractivity contribution is -0.941. The number of quaternary nitrogens is 1. The maximum Gasteiger partial charge on any atom is 0.416 e. The molecule has 1 aromatic heterocycles. The van der Waals surface area contributed by atoms with Gasteiger partial charge in [0, 0.05) is 5.56 Å². The highest BCUT2D eigenvalue weighted by atomic mass is 19.4. The topological polar surface area (TPSA) is 103 Å². The number of H-pyrrole nitrogens is 2. The summed E-state index contributed by atoms with van der Waals surface area (Å²) in [5.74, 6) is -0.612. The van der Waals surface area contributed by atoms with E-state index in [4.69, 9.17) is 9.47 Å². The number of aromatic amines is 2. The van der Waals surface area contributed by atoms with Gasteiger partial charge in [0.1, 0.15) is 18.9 Å². The summed E-state index contributed by atoms with van der Waals surface area (Å²) in [4.78, 5) is 13.8. The lowest BCUT2D eigenvalue weighted by atomic mass is 10.00. The third-order valence-corrected chi connectivity index (χ3v) is 6.11. The SMILES string of the molecule is CC(OC1OCC[N+]([O-])(Cc2n[nH]c(=O)[nH]2)C1c1ccc(F)cc1)c1cc(C(F)(F)F)cc(C(F)(F)F)c1. The minimum atomic E-state index is -5.06. The number of nitrogens with one attached hydrogen (secondary N) is 2. The minimum absolute atomic E-state index is 0.00113. The third kappa shape index (κ3) is 6.06. The Morgan fingerprint density at radius 3 is 2.24 bits per heavy atom. The number of ether oxygens (including phenoxy) is 2. The van der Waals surface area contributed by atoms with Crippen LogP contribution in [0.3, 0.4) is 0 Å². The van der Waals surface area contributed by atoms with Gasteiger partial charge in [-0.3, -0.25) is 4.98 Å². The molecule has 4 atom stereocenters. The Bertz CT molecular complexity index is 1290. The van der Waals surface area contributed by atoms with Gasteiger partial charge in [0.05, 0.1) is 23.8 Å². The Balaban J connectivity index is 1.71. The minimum Gasteiger partial charge on any atom is -0.632 e. The molecule has 8 nitrogen and oxygen atoms in total. The number of hydrogen-bond donors (Lipinski definition) is 2. The van der Waals surface area contributed by atoms with Crippen molar-refractivity contribution in [3.8, 4) is 0 Å². The molecule has 4 rings (SSSR count). The molecule has 15 heteroatoms. The number of hydroxylamine groups is 3. The molecule has 0 aliphatic carbocycles. The molecule has 2 heterocycles. The summed E-state index contributed by atoms with van der Waals surface area (Å²) in [6.07, 6.45) is -13.0. The van der Waals surface area contributed by atoms with Crippen LogP contribution < -0.4 is 5.69 Å². The highest BCUT2D eigenvalue weighted by molar-refractivity contribution is 5.34. The number of rotatable bonds is 6. The predicted octanol–water partition coefficient (Wildman–Crippen LogP) is 4.96. The van der Waals surface area contributed by atoms with Crippen molar-refractivity contribution in [3.63, 3.8) is 0 Å². The fourth-order valence-corrected chi connectivity index (χ4v) is 4.28.